The molecule has 5 nitrogen and oxygen atoms in total. The SMILES string of the molecule is CC(C)Cc1nc2cccc(F)c2c(=O)n1NC(=O)CCc1ccc(F)cc1. The van der Waals surface area contributed by atoms with Crippen LogP contribution in [0.2, 0.25) is 0 Å². The fourth-order valence-electron chi connectivity index (χ4n) is 2.94. The van der Waals surface area contributed by atoms with Gasteiger partial charge >= 0.3 is 0 Å². The van der Waals surface area contributed by atoms with Crippen LogP contribution in [0.1, 0.15) is 31.7 Å². The molecule has 0 aliphatic carbocycles. The molecule has 0 saturated heterocycles. The average molecular weight is 385 g/mol. The number of carbonyl (C=O) groups excluding carboxylic acids is 1. The first-order valence-electron chi connectivity index (χ1n) is 9.09. The van der Waals surface area contributed by atoms with Gasteiger partial charge in [0.1, 0.15) is 22.8 Å². The van der Waals surface area contributed by atoms with Crippen LogP contribution >= 0.6 is 0 Å². The third kappa shape index (κ3) is 4.42. The molecule has 0 spiro atoms. The van der Waals surface area contributed by atoms with Gasteiger partial charge in [-0.25, -0.2) is 18.4 Å². The molecule has 0 radical (unpaired) electrons. The van der Waals surface area contributed by atoms with Crippen molar-refractivity contribution in [3.8, 4) is 0 Å². The van der Waals surface area contributed by atoms with E-state index in [4.69, 9.17) is 0 Å². The lowest BCUT2D eigenvalue weighted by Crippen LogP contribution is -2.37. The van der Waals surface area contributed by atoms with Crippen molar-refractivity contribution in [2.24, 2.45) is 5.92 Å². The molecule has 3 rings (SSSR count). The van der Waals surface area contributed by atoms with Gasteiger partial charge in [0.25, 0.3) is 5.56 Å². The number of fused-ring (bicyclic) bond motifs is 1. The number of benzene rings is 2. The van der Waals surface area contributed by atoms with E-state index in [0.29, 0.717) is 18.7 Å². The zero-order chi connectivity index (χ0) is 20.3. The molecule has 146 valence electrons. The van der Waals surface area contributed by atoms with Crippen LogP contribution in [0.3, 0.4) is 0 Å². The van der Waals surface area contributed by atoms with E-state index in [1.165, 1.54) is 24.3 Å². The van der Waals surface area contributed by atoms with Crippen molar-refractivity contribution in [2.45, 2.75) is 33.1 Å². The van der Waals surface area contributed by atoms with Crippen LogP contribution < -0.4 is 11.0 Å². The van der Waals surface area contributed by atoms with E-state index in [2.05, 4.69) is 10.4 Å². The Morgan fingerprint density at radius 3 is 2.54 bits per heavy atom. The van der Waals surface area contributed by atoms with Crippen molar-refractivity contribution >= 4 is 16.8 Å². The molecule has 1 amide bonds. The van der Waals surface area contributed by atoms with E-state index >= 15 is 0 Å². The Balaban J connectivity index is 1.88. The van der Waals surface area contributed by atoms with Crippen molar-refractivity contribution in [1.29, 1.82) is 0 Å². The van der Waals surface area contributed by atoms with E-state index in [0.717, 1.165) is 10.2 Å². The smallest absolute Gasteiger partial charge is 0.273 e. The predicted molar refractivity (Wildman–Crippen MR) is 104 cm³/mol. The molecule has 0 saturated carbocycles. The molecule has 0 fully saturated rings. The van der Waals surface area contributed by atoms with Crippen LogP contribution in [0, 0.1) is 17.6 Å². The molecular formula is C21H21F2N3O2. The van der Waals surface area contributed by atoms with Crippen LogP contribution in [0.4, 0.5) is 8.78 Å². The van der Waals surface area contributed by atoms with Gasteiger partial charge in [-0.15, -0.1) is 0 Å². The maximum absolute atomic E-state index is 14.2. The summed E-state index contributed by atoms with van der Waals surface area (Å²) in [5.74, 6) is -0.884. The number of rotatable bonds is 6. The Bertz CT molecular complexity index is 1060. The van der Waals surface area contributed by atoms with Crippen molar-refractivity contribution in [1.82, 2.24) is 9.66 Å². The zero-order valence-electron chi connectivity index (χ0n) is 15.7. The first-order chi connectivity index (χ1) is 13.3. The highest BCUT2D eigenvalue weighted by atomic mass is 19.1. The number of halogens is 2. The molecule has 1 aromatic heterocycles. The summed E-state index contributed by atoms with van der Waals surface area (Å²) in [6.45, 7) is 3.92. The molecule has 0 aliphatic heterocycles. The van der Waals surface area contributed by atoms with Gasteiger partial charge in [0.2, 0.25) is 5.91 Å². The van der Waals surface area contributed by atoms with Crippen LogP contribution in [0.25, 0.3) is 10.9 Å². The number of hydrogen-bond acceptors (Lipinski definition) is 3. The second kappa shape index (κ2) is 8.29. The molecule has 1 heterocycles. The number of nitrogens with zero attached hydrogens (tertiary/aromatic N) is 2. The van der Waals surface area contributed by atoms with Gasteiger partial charge in [0.15, 0.2) is 0 Å². The van der Waals surface area contributed by atoms with Gasteiger partial charge in [-0.3, -0.25) is 15.0 Å². The molecule has 0 aliphatic rings. The lowest BCUT2D eigenvalue weighted by Gasteiger charge is -2.16. The standard InChI is InChI=1S/C21H21F2N3O2/c1-13(2)12-18-24-17-5-3-4-16(23)20(17)21(28)26(18)25-19(27)11-8-14-6-9-15(22)10-7-14/h3-7,9-10,13H,8,11-12H2,1-2H3,(H,25,27). The van der Waals surface area contributed by atoms with Crippen molar-refractivity contribution in [3.63, 3.8) is 0 Å². The minimum atomic E-state index is -0.680. The van der Waals surface area contributed by atoms with Crippen molar-refractivity contribution in [3.05, 3.63) is 75.8 Å². The number of aryl methyl sites for hydroxylation is 1. The lowest BCUT2D eigenvalue weighted by molar-refractivity contribution is -0.117. The van der Waals surface area contributed by atoms with Gasteiger partial charge in [-0.2, -0.15) is 0 Å². The fraction of sp³-hybridized carbons (Fsp3) is 0.286. The number of nitrogens with one attached hydrogen (secondary N) is 1. The largest absolute Gasteiger partial charge is 0.283 e. The highest BCUT2D eigenvalue weighted by Crippen LogP contribution is 2.14. The third-order valence-corrected chi connectivity index (χ3v) is 4.30. The van der Waals surface area contributed by atoms with E-state index in [1.807, 2.05) is 13.8 Å². The Morgan fingerprint density at radius 2 is 1.86 bits per heavy atom. The first kappa shape index (κ1) is 19.7. The van der Waals surface area contributed by atoms with E-state index in [9.17, 15) is 18.4 Å². The van der Waals surface area contributed by atoms with Gasteiger partial charge in [-0.05, 0) is 42.2 Å². The fourth-order valence-corrected chi connectivity index (χ4v) is 2.94. The van der Waals surface area contributed by atoms with Crippen molar-refractivity contribution < 1.29 is 13.6 Å². The summed E-state index contributed by atoms with van der Waals surface area (Å²) in [5, 5.41) is -0.158. The summed E-state index contributed by atoms with van der Waals surface area (Å²) in [7, 11) is 0. The molecule has 0 atom stereocenters. The average Bonchev–Trinajstić information content (AvgIpc) is 2.64. The molecular weight excluding hydrogens is 364 g/mol. The zero-order valence-corrected chi connectivity index (χ0v) is 15.7. The van der Waals surface area contributed by atoms with E-state index < -0.39 is 17.3 Å². The quantitative estimate of drug-likeness (QED) is 0.706. The summed E-state index contributed by atoms with van der Waals surface area (Å²) in [5.41, 5.74) is 2.96. The Kier molecular flexibility index (Phi) is 5.82. The predicted octanol–water partition coefficient (Wildman–Crippen LogP) is 3.58. The highest BCUT2D eigenvalue weighted by Gasteiger charge is 2.17. The number of hydrogen-bond donors (Lipinski definition) is 1. The Morgan fingerprint density at radius 1 is 1.14 bits per heavy atom. The molecule has 7 heteroatoms. The number of aromatic nitrogens is 2. The van der Waals surface area contributed by atoms with Gasteiger partial charge in [0.05, 0.1) is 5.52 Å². The minimum Gasteiger partial charge on any atom is -0.273 e. The van der Waals surface area contributed by atoms with E-state index in [1.54, 1.807) is 18.2 Å². The second-order valence-electron chi connectivity index (χ2n) is 7.06. The van der Waals surface area contributed by atoms with Gasteiger partial charge < -0.3 is 0 Å². The monoisotopic (exact) mass is 385 g/mol. The van der Waals surface area contributed by atoms with E-state index in [-0.39, 0.29) is 29.1 Å². The summed E-state index contributed by atoms with van der Waals surface area (Å²) in [4.78, 5) is 29.6. The van der Waals surface area contributed by atoms with Gasteiger partial charge in [0, 0.05) is 12.8 Å². The molecule has 0 unspecified atom stereocenters. The molecule has 1 N–H and O–H groups in total. The minimum absolute atomic E-state index is 0.0918. The molecule has 3 aromatic rings. The maximum Gasteiger partial charge on any atom is 0.283 e. The molecule has 0 bridgehead atoms. The first-order valence-corrected chi connectivity index (χ1v) is 9.09. The Hall–Kier alpha value is -3.09. The third-order valence-electron chi connectivity index (χ3n) is 4.30. The van der Waals surface area contributed by atoms with Crippen LogP contribution in [-0.2, 0) is 17.6 Å². The maximum atomic E-state index is 14.2. The van der Waals surface area contributed by atoms with Crippen LogP contribution in [0.15, 0.2) is 47.3 Å². The topological polar surface area (TPSA) is 64.0 Å². The van der Waals surface area contributed by atoms with Crippen LogP contribution in [0.5, 0.6) is 0 Å². The van der Waals surface area contributed by atoms with Gasteiger partial charge in [-0.1, -0.05) is 32.0 Å². The summed E-state index contributed by atoms with van der Waals surface area (Å²) in [6, 6.07) is 10.1. The second-order valence-corrected chi connectivity index (χ2v) is 7.06. The lowest BCUT2D eigenvalue weighted by atomic mass is 10.1. The molecule has 2 aromatic carbocycles. The van der Waals surface area contributed by atoms with Crippen molar-refractivity contribution in [2.75, 3.05) is 5.43 Å². The highest BCUT2D eigenvalue weighted by molar-refractivity contribution is 5.85. The van der Waals surface area contributed by atoms with Crippen LogP contribution in [-0.4, -0.2) is 15.6 Å². The molecule has 28 heavy (non-hydrogen) atoms. The number of carbonyl (C=O) groups is 1. The summed E-state index contributed by atoms with van der Waals surface area (Å²) in [6.07, 6.45) is 0.921. The Labute approximate surface area is 161 Å². The summed E-state index contributed by atoms with van der Waals surface area (Å²) >= 11 is 0. The number of amides is 1. The normalized spacial score (nSPS) is 11.2. The summed E-state index contributed by atoms with van der Waals surface area (Å²) < 4.78 is 28.2.